The molecule has 3 aromatic carbocycles. The van der Waals surface area contributed by atoms with Gasteiger partial charge in [-0.3, -0.25) is 20.5 Å². The van der Waals surface area contributed by atoms with Crippen LogP contribution in [0.2, 0.25) is 0 Å². The first-order chi connectivity index (χ1) is 15.1. The van der Waals surface area contributed by atoms with E-state index in [9.17, 15) is 14.5 Å². The van der Waals surface area contributed by atoms with Crippen LogP contribution in [0.15, 0.2) is 91.3 Å². The van der Waals surface area contributed by atoms with Gasteiger partial charge < -0.3 is 5.32 Å². The molecule has 154 valence electrons. The molecule has 1 aromatic heterocycles. The van der Waals surface area contributed by atoms with Crippen LogP contribution in [0.25, 0.3) is 0 Å². The Morgan fingerprint density at radius 3 is 1.90 bits per heavy atom. The zero-order valence-electron chi connectivity index (χ0n) is 16.1. The van der Waals surface area contributed by atoms with E-state index in [1.807, 2.05) is 60.7 Å². The summed E-state index contributed by atoms with van der Waals surface area (Å²) in [5, 5.41) is 16.5. The SMILES string of the molecule is O=[N+]([O-])c1c(Nc2ccc(F)cc2)ncnc1NN(c1ccccc1)c1ccccc1. The largest absolute Gasteiger partial charge is 0.355 e. The summed E-state index contributed by atoms with van der Waals surface area (Å²) in [5.41, 5.74) is 4.67. The van der Waals surface area contributed by atoms with Crippen molar-refractivity contribution in [3.63, 3.8) is 0 Å². The monoisotopic (exact) mass is 416 g/mol. The number of para-hydroxylation sites is 2. The van der Waals surface area contributed by atoms with E-state index in [0.717, 1.165) is 11.4 Å². The lowest BCUT2D eigenvalue weighted by Crippen LogP contribution is -2.26. The second-order valence-corrected chi connectivity index (χ2v) is 6.43. The Bertz CT molecular complexity index is 1130. The number of aromatic nitrogens is 2. The Morgan fingerprint density at radius 1 is 0.806 bits per heavy atom. The Labute approximate surface area is 177 Å². The highest BCUT2D eigenvalue weighted by Crippen LogP contribution is 2.34. The van der Waals surface area contributed by atoms with Crippen LogP contribution >= 0.6 is 0 Å². The topological polar surface area (TPSA) is 96.2 Å². The molecular weight excluding hydrogens is 399 g/mol. The fourth-order valence-corrected chi connectivity index (χ4v) is 2.93. The van der Waals surface area contributed by atoms with Crippen molar-refractivity contribution in [1.29, 1.82) is 0 Å². The number of nitrogens with one attached hydrogen (secondary N) is 2. The minimum atomic E-state index is -0.567. The molecule has 0 fully saturated rings. The number of halogens is 1. The Kier molecular flexibility index (Phi) is 5.66. The molecule has 0 aliphatic rings. The molecule has 1 heterocycles. The van der Waals surface area contributed by atoms with E-state index in [1.54, 1.807) is 5.01 Å². The van der Waals surface area contributed by atoms with Gasteiger partial charge in [-0.05, 0) is 48.5 Å². The highest BCUT2D eigenvalue weighted by atomic mass is 19.1. The van der Waals surface area contributed by atoms with Gasteiger partial charge in [-0.1, -0.05) is 36.4 Å². The third kappa shape index (κ3) is 4.56. The van der Waals surface area contributed by atoms with Gasteiger partial charge in [0.25, 0.3) is 0 Å². The van der Waals surface area contributed by atoms with Crippen molar-refractivity contribution in [2.24, 2.45) is 0 Å². The lowest BCUT2D eigenvalue weighted by molar-refractivity contribution is -0.383. The number of benzene rings is 3. The first kappa shape index (κ1) is 19.8. The molecule has 2 N–H and O–H groups in total. The van der Waals surface area contributed by atoms with Crippen LogP contribution in [0.1, 0.15) is 0 Å². The lowest BCUT2D eigenvalue weighted by atomic mass is 10.2. The van der Waals surface area contributed by atoms with Crippen molar-refractivity contribution in [3.05, 3.63) is 107 Å². The molecule has 0 saturated heterocycles. The highest BCUT2D eigenvalue weighted by molar-refractivity contribution is 5.77. The molecule has 31 heavy (non-hydrogen) atoms. The van der Waals surface area contributed by atoms with Crippen LogP contribution < -0.4 is 15.8 Å². The molecule has 0 saturated carbocycles. The molecule has 0 aliphatic heterocycles. The predicted molar refractivity (Wildman–Crippen MR) is 117 cm³/mol. The normalized spacial score (nSPS) is 10.4. The summed E-state index contributed by atoms with van der Waals surface area (Å²) in [6, 6.07) is 24.1. The molecule has 0 atom stereocenters. The van der Waals surface area contributed by atoms with Gasteiger partial charge in [0.15, 0.2) is 0 Å². The minimum Gasteiger partial charge on any atom is -0.334 e. The van der Waals surface area contributed by atoms with E-state index in [-0.39, 0.29) is 17.3 Å². The van der Waals surface area contributed by atoms with E-state index in [2.05, 4.69) is 20.7 Å². The zero-order chi connectivity index (χ0) is 21.6. The summed E-state index contributed by atoms with van der Waals surface area (Å²) >= 11 is 0. The van der Waals surface area contributed by atoms with E-state index in [4.69, 9.17) is 0 Å². The Hall–Kier alpha value is -4.53. The van der Waals surface area contributed by atoms with Crippen LogP contribution in [-0.4, -0.2) is 14.9 Å². The maximum Gasteiger partial charge on any atom is 0.355 e. The number of hydrazine groups is 1. The first-order valence-corrected chi connectivity index (χ1v) is 9.30. The number of hydrogen-bond acceptors (Lipinski definition) is 7. The quantitative estimate of drug-likeness (QED) is 0.306. The summed E-state index contributed by atoms with van der Waals surface area (Å²) in [4.78, 5) is 19.5. The standard InChI is InChI=1S/C22H17FN6O2/c23-16-11-13-17(14-12-16)26-21-20(29(30)31)22(25-15-24-21)27-28(18-7-3-1-4-8-18)19-9-5-2-6-10-19/h1-15H,(H2,24,25,26,27). The Balaban J connectivity index is 1.74. The summed E-state index contributed by atoms with van der Waals surface area (Å²) < 4.78 is 13.2. The van der Waals surface area contributed by atoms with Crippen LogP contribution in [0.4, 0.5) is 38.8 Å². The average molecular weight is 416 g/mol. The van der Waals surface area contributed by atoms with E-state index in [0.29, 0.717) is 5.69 Å². The number of nitrogens with zero attached hydrogens (tertiary/aromatic N) is 4. The zero-order valence-corrected chi connectivity index (χ0v) is 16.1. The van der Waals surface area contributed by atoms with Crippen molar-refractivity contribution < 1.29 is 9.31 Å². The maximum absolute atomic E-state index is 13.2. The fourth-order valence-electron chi connectivity index (χ4n) is 2.93. The molecular formula is C22H17FN6O2. The summed E-state index contributed by atoms with van der Waals surface area (Å²) in [6.45, 7) is 0. The summed E-state index contributed by atoms with van der Waals surface area (Å²) in [7, 11) is 0. The average Bonchev–Trinajstić information content (AvgIpc) is 2.80. The van der Waals surface area contributed by atoms with Gasteiger partial charge in [0.1, 0.15) is 12.1 Å². The summed E-state index contributed by atoms with van der Waals surface area (Å²) in [6.07, 6.45) is 1.22. The third-order valence-corrected chi connectivity index (χ3v) is 4.36. The van der Waals surface area contributed by atoms with Gasteiger partial charge in [0, 0.05) is 5.69 Å². The van der Waals surface area contributed by atoms with Gasteiger partial charge in [-0.15, -0.1) is 0 Å². The lowest BCUT2D eigenvalue weighted by Gasteiger charge is -2.26. The number of nitro groups is 1. The van der Waals surface area contributed by atoms with Crippen molar-refractivity contribution in [2.75, 3.05) is 15.8 Å². The molecule has 4 rings (SSSR count). The Morgan fingerprint density at radius 2 is 1.35 bits per heavy atom. The van der Waals surface area contributed by atoms with Crippen molar-refractivity contribution in [2.45, 2.75) is 0 Å². The minimum absolute atomic E-state index is 0.00248. The fraction of sp³-hybridized carbons (Fsp3) is 0. The smallest absolute Gasteiger partial charge is 0.334 e. The highest BCUT2D eigenvalue weighted by Gasteiger charge is 2.25. The number of rotatable bonds is 7. The first-order valence-electron chi connectivity index (χ1n) is 9.30. The van der Waals surface area contributed by atoms with E-state index < -0.39 is 10.7 Å². The number of hydrogen-bond donors (Lipinski definition) is 2. The van der Waals surface area contributed by atoms with Crippen LogP contribution in [-0.2, 0) is 0 Å². The molecule has 0 amide bonds. The molecule has 0 spiro atoms. The molecule has 0 aliphatic carbocycles. The molecule has 9 heteroatoms. The van der Waals surface area contributed by atoms with Gasteiger partial charge in [0.05, 0.1) is 16.3 Å². The van der Waals surface area contributed by atoms with Gasteiger partial charge in [-0.25, -0.2) is 14.4 Å². The van der Waals surface area contributed by atoms with Gasteiger partial charge >= 0.3 is 5.69 Å². The molecule has 8 nitrogen and oxygen atoms in total. The molecule has 4 aromatic rings. The van der Waals surface area contributed by atoms with Gasteiger partial charge in [0.2, 0.25) is 11.6 Å². The van der Waals surface area contributed by atoms with Crippen molar-refractivity contribution in [1.82, 2.24) is 9.97 Å². The molecule has 0 bridgehead atoms. The third-order valence-electron chi connectivity index (χ3n) is 4.36. The van der Waals surface area contributed by atoms with Gasteiger partial charge in [-0.2, -0.15) is 0 Å². The van der Waals surface area contributed by atoms with Crippen LogP contribution in [0.5, 0.6) is 0 Å². The summed E-state index contributed by atoms with van der Waals surface area (Å²) in [5.74, 6) is -0.432. The second kappa shape index (κ2) is 8.87. The molecule has 0 unspecified atom stereocenters. The molecule has 0 radical (unpaired) electrons. The van der Waals surface area contributed by atoms with Crippen molar-refractivity contribution >= 4 is 34.4 Å². The van der Waals surface area contributed by atoms with Crippen LogP contribution in [0, 0.1) is 15.9 Å². The van der Waals surface area contributed by atoms with E-state index in [1.165, 1.54) is 30.6 Å². The van der Waals surface area contributed by atoms with E-state index >= 15 is 0 Å². The number of anilines is 5. The predicted octanol–water partition coefficient (Wildman–Crippen LogP) is 5.43. The maximum atomic E-state index is 13.2. The second-order valence-electron chi connectivity index (χ2n) is 6.43. The van der Waals surface area contributed by atoms with Crippen LogP contribution in [0.3, 0.4) is 0 Å². The van der Waals surface area contributed by atoms with Crippen molar-refractivity contribution in [3.8, 4) is 0 Å².